The molecule has 0 atom stereocenters. The number of piperidine rings is 2. The Morgan fingerprint density at radius 3 is 2.33 bits per heavy atom. The zero-order valence-electron chi connectivity index (χ0n) is 22.6. The number of aryl methyl sites for hydroxylation is 1. The van der Waals surface area contributed by atoms with Crippen molar-refractivity contribution in [3.63, 3.8) is 0 Å². The summed E-state index contributed by atoms with van der Waals surface area (Å²) in [6.45, 7) is 13.0. The minimum absolute atomic E-state index is 0.547. The molecule has 36 heavy (non-hydrogen) atoms. The van der Waals surface area contributed by atoms with Gasteiger partial charge in [-0.15, -0.1) is 0 Å². The standard InChI is InChI=1S/C30H42N4O2/c1-20(2)19-33-14-12-24(13-15-33)34-16-10-22(11-17-34)25-7-8-26-30(31-25)21(3)29(32-26)23-6-9-27(35-4)28(18-23)36-5/h6-9,18,20,22,24,32H,10-17,19H2,1-5H3. The zero-order valence-corrected chi connectivity index (χ0v) is 22.6. The summed E-state index contributed by atoms with van der Waals surface area (Å²) in [7, 11) is 3.34. The first kappa shape index (κ1) is 25.1. The van der Waals surface area contributed by atoms with Crippen molar-refractivity contribution in [1.29, 1.82) is 0 Å². The first-order valence-electron chi connectivity index (χ1n) is 13.6. The van der Waals surface area contributed by atoms with Crippen LogP contribution in [0.2, 0.25) is 0 Å². The van der Waals surface area contributed by atoms with Crippen LogP contribution < -0.4 is 9.47 Å². The summed E-state index contributed by atoms with van der Waals surface area (Å²) < 4.78 is 10.9. The van der Waals surface area contributed by atoms with E-state index in [1.54, 1.807) is 14.2 Å². The number of ether oxygens (including phenoxy) is 2. The number of benzene rings is 1. The van der Waals surface area contributed by atoms with Crippen molar-refractivity contribution in [2.75, 3.05) is 46.9 Å². The molecule has 2 aliphatic rings. The average Bonchev–Trinajstić information content (AvgIpc) is 3.24. The number of rotatable bonds is 7. The summed E-state index contributed by atoms with van der Waals surface area (Å²) in [4.78, 5) is 14.2. The lowest BCUT2D eigenvalue weighted by Gasteiger charge is -2.42. The number of fused-ring (bicyclic) bond motifs is 1. The Balaban J connectivity index is 1.26. The fourth-order valence-corrected chi connectivity index (χ4v) is 6.26. The van der Waals surface area contributed by atoms with Gasteiger partial charge in [-0.3, -0.25) is 4.98 Å². The monoisotopic (exact) mass is 490 g/mol. The van der Waals surface area contributed by atoms with Gasteiger partial charge >= 0.3 is 0 Å². The molecular weight excluding hydrogens is 448 g/mol. The highest BCUT2D eigenvalue weighted by molar-refractivity contribution is 5.88. The highest BCUT2D eigenvalue weighted by atomic mass is 16.5. The van der Waals surface area contributed by atoms with Gasteiger partial charge in [0.15, 0.2) is 11.5 Å². The molecular formula is C30H42N4O2. The van der Waals surface area contributed by atoms with E-state index >= 15 is 0 Å². The number of methoxy groups -OCH3 is 2. The van der Waals surface area contributed by atoms with Crippen LogP contribution in [0.4, 0.5) is 0 Å². The first-order valence-corrected chi connectivity index (χ1v) is 13.6. The van der Waals surface area contributed by atoms with Crippen molar-refractivity contribution in [3.8, 4) is 22.8 Å². The largest absolute Gasteiger partial charge is 0.493 e. The lowest BCUT2D eigenvalue weighted by Crippen LogP contribution is -2.48. The van der Waals surface area contributed by atoms with Crippen LogP contribution in [0.15, 0.2) is 30.3 Å². The van der Waals surface area contributed by atoms with Gasteiger partial charge in [-0.1, -0.05) is 13.8 Å². The molecule has 0 radical (unpaired) electrons. The number of pyridine rings is 1. The van der Waals surface area contributed by atoms with Crippen molar-refractivity contribution in [2.24, 2.45) is 5.92 Å². The van der Waals surface area contributed by atoms with Gasteiger partial charge in [-0.2, -0.15) is 0 Å². The maximum Gasteiger partial charge on any atom is 0.161 e. The third-order valence-electron chi connectivity index (χ3n) is 8.22. The van der Waals surface area contributed by atoms with E-state index in [0.717, 1.165) is 45.7 Å². The summed E-state index contributed by atoms with van der Waals surface area (Å²) in [6.07, 6.45) is 5.06. The van der Waals surface area contributed by atoms with Crippen LogP contribution in [-0.4, -0.2) is 72.8 Å². The van der Waals surface area contributed by atoms with E-state index in [1.165, 1.54) is 69.7 Å². The molecule has 1 N–H and O–H groups in total. The van der Waals surface area contributed by atoms with E-state index in [4.69, 9.17) is 14.5 Å². The summed E-state index contributed by atoms with van der Waals surface area (Å²) in [5.74, 6) is 2.79. The van der Waals surface area contributed by atoms with Crippen LogP contribution in [0.3, 0.4) is 0 Å². The van der Waals surface area contributed by atoms with Crippen molar-refractivity contribution in [3.05, 3.63) is 41.6 Å². The highest BCUT2D eigenvalue weighted by Crippen LogP contribution is 2.36. The van der Waals surface area contributed by atoms with Gasteiger partial charge in [0.05, 0.1) is 30.9 Å². The third kappa shape index (κ3) is 5.12. The Bertz CT molecular complexity index is 1170. The van der Waals surface area contributed by atoms with Gasteiger partial charge in [-0.05, 0) is 95.0 Å². The quantitative estimate of drug-likeness (QED) is 0.450. The molecule has 3 aromatic rings. The second kappa shape index (κ2) is 10.8. The molecule has 0 amide bonds. The topological polar surface area (TPSA) is 53.6 Å². The fourth-order valence-electron chi connectivity index (χ4n) is 6.26. The van der Waals surface area contributed by atoms with E-state index in [2.05, 4.69) is 53.8 Å². The molecule has 4 heterocycles. The van der Waals surface area contributed by atoms with Crippen LogP contribution in [-0.2, 0) is 0 Å². The van der Waals surface area contributed by atoms with Gasteiger partial charge in [-0.25, -0.2) is 0 Å². The first-order chi connectivity index (χ1) is 17.5. The molecule has 0 saturated carbocycles. The molecule has 2 aromatic heterocycles. The molecule has 0 aliphatic carbocycles. The second-order valence-corrected chi connectivity index (χ2v) is 11.1. The molecule has 6 nitrogen and oxygen atoms in total. The number of hydrogen-bond acceptors (Lipinski definition) is 5. The Kier molecular flexibility index (Phi) is 7.54. The average molecular weight is 491 g/mol. The molecule has 0 unspecified atom stereocenters. The van der Waals surface area contributed by atoms with Crippen molar-refractivity contribution in [1.82, 2.24) is 19.8 Å². The molecule has 0 bridgehead atoms. The SMILES string of the molecule is COc1ccc(-c2[nH]c3ccc(C4CCN(C5CCN(CC(C)C)CC5)CC4)nc3c2C)cc1OC. The minimum Gasteiger partial charge on any atom is -0.493 e. The number of nitrogens with zero attached hydrogens (tertiary/aromatic N) is 3. The van der Waals surface area contributed by atoms with E-state index in [-0.39, 0.29) is 0 Å². The molecule has 194 valence electrons. The highest BCUT2D eigenvalue weighted by Gasteiger charge is 2.29. The van der Waals surface area contributed by atoms with Gasteiger partial charge in [0.2, 0.25) is 0 Å². The minimum atomic E-state index is 0.547. The summed E-state index contributed by atoms with van der Waals surface area (Å²) >= 11 is 0. The molecule has 5 rings (SSSR count). The molecule has 0 spiro atoms. The number of aromatic nitrogens is 2. The van der Waals surface area contributed by atoms with Crippen LogP contribution >= 0.6 is 0 Å². The third-order valence-corrected chi connectivity index (χ3v) is 8.22. The molecule has 1 aromatic carbocycles. The van der Waals surface area contributed by atoms with Crippen LogP contribution in [0.5, 0.6) is 11.5 Å². The predicted octanol–water partition coefficient (Wildman–Crippen LogP) is 5.86. The van der Waals surface area contributed by atoms with Crippen LogP contribution in [0.25, 0.3) is 22.3 Å². The Morgan fingerprint density at radius 1 is 0.944 bits per heavy atom. The van der Waals surface area contributed by atoms with Gasteiger partial charge in [0.1, 0.15) is 0 Å². The van der Waals surface area contributed by atoms with E-state index in [9.17, 15) is 0 Å². The number of likely N-dealkylation sites (tertiary alicyclic amines) is 2. The summed E-state index contributed by atoms with van der Waals surface area (Å²) in [5.41, 5.74) is 6.77. The number of nitrogens with one attached hydrogen (secondary N) is 1. The maximum absolute atomic E-state index is 5.52. The van der Waals surface area contributed by atoms with E-state index in [0.29, 0.717) is 5.92 Å². The summed E-state index contributed by atoms with van der Waals surface area (Å²) in [6, 6.07) is 11.3. The van der Waals surface area contributed by atoms with Crippen LogP contribution in [0.1, 0.15) is 56.7 Å². The summed E-state index contributed by atoms with van der Waals surface area (Å²) in [5, 5.41) is 0. The van der Waals surface area contributed by atoms with Gasteiger partial charge in [0.25, 0.3) is 0 Å². The predicted molar refractivity (Wildman–Crippen MR) is 147 cm³/mol. The molecule has 2 fully saturated rings. The Morgan fingerprint density at radius 2 is 1.67 bits per heavy atom. The molecule has 6 heteroatoms. The fraction of sp³-hybridized carbons (Fsp3) is 0.567. The Labute approximate surface area is 216 Å². The van der Waals surface area contributed by atoms with Gasteiger partial charge < -0.3 is 24.3 Å². The van der Waals surface area contributed by atoms with E-state index < -0.39 is 0 Å². The van der Waals surface area contributed by atoms with Crippen molar-refractivity contribution < 1.29 is 9.47 Å². The number of H-pyrrole nitrogens is 1. The normalized spacial score (nSPS) is 18.8. The second-order valence-electron chi connectivity index (χ2n) is 11.1. The van der Waals surface area contributed by atoms with E-state index in [1.807, 2.05) is 12.1 Å². The number of aromatic amines is 1. The molecule has 2 saturated heterocycles. The van der Waals surface area contributed by atoms with Crippen molar-refractivity contribution >= 4 is 11.0 Å². The smallest absolute Gasteiger partial charge is 0.161 e. The Hall–Kier alpha value is -2.57. The maximum atomic E-state index is 5.52. The van der Waals surface area contributed by atoms with Crippen molar-refractivity contribution in [2.45, 2.75) is 58.4 Å². The molecule has 2 aliphatic heterocycles. The zero-order chi connectivity index (χ0) is 25.2. The lowest BCUT2D eigenvalue weighted by atomic mass is 9.90. The van der Waals surface area contributed by atoms with Gasteiger partial charge in [0, 0.05) is 35.3 Å². The lowest BCUT2D eigenvalue weighted by molar-refractivity contribution is 0.0825. The van der Waals surface area contributed by atoms with Crippen LogP contribution in [0, 0.1) is 12.8 Å². The number of hydrogen-bond donors (Lipinski definition) is 1.